The Morgan fingerprint density at radius 2 is 1.89 bits per heavy atom. The Morgan fingerprint density at radius 3 is 2.73 bits per heavy atom. The van der Waals surface area contributed by atoms with Crippen LogP contribution in [0.5, 0.6) is 0 Å². The maximum absolute atomic E-state index is 7.58. The molecule has 3 fully saturated rings. The van der Waals surface area contributed by atoms with Gasteiger partial charge in [-0.1, -0.05) is 45.1 Å². The Balaban J connectivity index is 1.21. The van der Waals surface area contributed by atoms with Gasteiger partial charge >= 0.3 is 0 Å². The average molecular weight is 497 g/mol. The van der Waals surface area contributed by atoms with E-state index in [0.717, 1.165) is 0 Å². The lowest BCUT2D eigenvalue weighted by atomic mass is 9.58. The van der Waals surface area contributed by atoms with Crippen molar-refractivity contribution in [3.05, 3.63) is 65.5 Å². The van der Waals surface area contributed by atoms with Gasteiger partial charge in [0.2, 0.25) is 0 Å². The van der Waals surface area contributed by atoms with Crippen molar-refractivity contribution in [2.45, 2.75) is 108 Å². The van der Waals surface area contributed by atoms with Gasteiger partial charge in [-0.15, -0.1) is 0 Å². The second-order valence-corrected chi connectivity index (χ2v) is 13.1. The van der Waals surface area contributed by atoms with Crippen LogP contribution in [0.15, 0.2) is 60.0 Å². The highest BCUT2D eigenvalue weighted by Crippen LogP contribution is 2.69. The van der Waals surface area contributed by atoms with E-state index in [9.17, 15) is 0 Å². The molecule has 1 aromatic heterocycles. The lowest BCUT2D eigenvalue weighted by Crippen LogP contribution is -2.55. The van der Waals surface area contributed by atoms with Crippen LogP contribution in [0.2, 0.25) is 0 Å². The minimum atomic E-state index is -0.0636. The molecule has 5 aliphatic rings. The lowest BCUT2D eigenvalue weighted by molar-refractivity contribution is -0.141. The predicted molar refractivity (Wildman–Crippen MR) is 152 cm³/mol. The highest BCUT2D eigenvalue weighted by atomic mass is 16.5. The normalized spacial score (nSPS) is 38.2. The number of aromatic nitrogens is 1. The Hall–Kier alpha value is -1.97. The van der Waals surface area contributed by atoms with Gasteiger partial charge in [0.05, 0.1) is 11.2 Å². The molecule has 2 spiro atoms. The first-order valence-electron chi connectivity index (χ1n) is 15.2. The number of hydrogen-bond donors (Lipinski definition) is 0. The number of nitrogens with zero attached hydrogens (tertiary/aromatic N) is 2. The molecule has 2 aliphatic heterocycles. The number of pyridine rings is 1. The topological polar surface area (TPSA) is 25.4 Å². The van der Waals surface area contributed by atoms with Gasteiger partial charge < -0.3 is 9.64 Å². The van der Waals surface area contributed by atoms with Gasteiger partial charge in [-0.05, 0) is 129 Å². The summed E-state index contributed by atoms with van der Waals surface area (Å²) < 4.78 is 7.58. The van der Waals surface area contributed by atoms with Crippen LogP contribution in [-0.4, -0.2) is 40.2 Å². The van der Waals surface area contributed by atoms with E-state index in [0.29, 0.717) is 17.9 Å². The van der Waals surface area contributed by atoms with E-state index in [2.05, 4.69) is 67.1 Å². The summed E-state index contributed by atoms with van der Waals surface area (Å²) in [7, 11) is 0. The number of benzene rings is 1. The molecule has 196 valence electrons. The summed E-state index contributed by atoms with van der Waals surface area (Å²) in [5.41, 5.74) is 4.85. The second-order valence-electron chi connectivity index (χ2n) is 13.1. The van der Waals surface area contributed by atoms with Crippen LogP contribution in [-0.2, 0) is 4.74 Å². The standard InChI is InChI=1S/C34H44N2O/c1-4-18-36(19-5-2)29-9-8-27-21-28-12-14-32(3)30(25-7-6-24-13-17-35-23-26(24)20-25)10-11-31(32)34(28)16-15-33(27,22-29)37-34/h6-7,12-13,17,20-21,23,29-31H,4-5,8-11,14-16,18-19,22H2,1-3H3/t29-,30+,31+,32+,33+,34+/m0/s1. The molecule has 7 rings (SSSR count). The summed E-state index contributed by atoms with van der Waals surface area (Å²) in [6, 6.07) is 9.94. The summed E-state index contributed by atoms with van der Waals surface area (Å²) in [5.74, 6) is 1.19. The Labute approximate surface area is 223 Å². The monoisotopic (exact) mass is 496 g/mol. The molecule has 3 heteroatoms. The van der Waals surface area contributed by atoms with E-state index >= 15 is 0 Å². The molecular weight excluding hydrogens is 452 g/mol. The second kappa shape index (κ2) is 8.78. The van der Waals surface area contributed by atoms with Crippen LogP contribution in [0.1, 0.15) is 96.5 Å². The Morgan fingerprint density at radius 1 is 1.03 bits per heavy atom. The molecule has 3 nitrogen and oxygen atoms in total. The van der Waals surface area contributed by atoms with Gasteiger partial charge in [-0.25, -0.2) is 0 Å². The van der Waals surface area contributed by atoms with E-state index < -0.39 is 0 Å². The van der Waals surface area contributed by atoms with Gasteiger partial charge in [-0.2, -0.15) is 0 Å². The van der Waals surface area contributed by atoms with Crippen molar-refractivity contribution in [1.82, 2.24) is 9.88 Å². The number of rotatable bonds is 6. The van der Waals surface area contributed by atoms with Gasteiger partial charge in [-0.3, -0.25) is 4.98 Å². The van der Waals surface area contributed by atoms with Gasteiger partial charge in [0.25, 0.3) is 0 Å². The van der Waals surface area contributed by atoms with Crippen LogP contribution in [0.3, 0.4) is 0 Å². The summed E-state index contributed by atoms with van der Waals surface area (Å²) in [6.45, 7) is 9.71. The van der Waals surface area contributed by atoms with Crippen molar-refractivity contribution in [2.24, 2.45) is 11.3 Å². The molecule has 37 heavy (non-hydrogen) atoms. The molecule has 2 bridgehead atoms. The Bertz CT molecular complexity index is 1260. The first-order chi connectivity index (χ1) is 18.0. The van der Waals surface area contributed by atoms with E-state index in [4.69, 9.17) is 4.74 Å². The van der Waals surface area contributed by atoms with E-state index in [1.165, 1.54) is 93.6 Å². The maximum atomic E-state index is 7.58. The van der Waals surface area contributed by atoms with Crippen molar-refractivity contribution < 1.29 is 4.74 Å². The maximum Gasteiger partial charge on any atom is 0.0974 e. The van der Waals surface area contributed by atoms with Crippen LogP contribution < -0.4 is 0 Å². The van der Waals surface area contributed by atoms with E-state index in [-0.39, 0.29) is 16.6 Å². The zero-order valence-corrected chi connectivity index (χ0v) is 23.1. The quantitative estimate of drug-likeness (QED) is 0.405. The average Bonchev–Trinajstić information content (AvgIpc) is 3.43. The van der Waals surface area contributed by atoms with Crippen LogP contribution >= 0.6 is 0 Å². The van der Waals surface area contributed by atoms with Crippen molar-refractivity contribution >= 4 is 10.8 Å². The summed E-state index contributed by atoms with van der Waals surface area (Å²) in [6.07, 6.45) is 21.6. The molecule has 3 aliphatic carbocycles. The Kier molecular flexibility index (Phi) is 5.72. The third kappa shape index (κ3) is 3.49. The van der Waals surface area contributed by atoms with Crippen molar-refractivity contribution in [3.63, 3.8) is 0 Å². The molecule has 3 heterocycles. The summed E-state index contributed by atoms with van der Waals surface area (Å²) >= 11 is 0. The molecule has 2 saturated carbocycles. The SMILES string of the molecule is CCCN(CCC)[C@H]1CCC2=CC3=CC[C@]4(C)[C@@H](c5ccc6ccncc6c5)CC[C@H]4[C@@]34CC[C@]2(C1)O4. The highest BCUT2D eigenvalue weighted by Gasteiger charge is 2.66. The predicted octanol–water partition coefficient (Wildman–Crippen LogP) is 7.97. The fourth-order valence-corrected chi connectivity index (χ4v) is 9.61. The molecule has 0 radical (unpaired) electrons. The highest BCUT2D eigenvalue weighted by molar-refractivity contribution is 5.82. The summed E-state index contributed by atoms with van der Waals surface area (Å²) in [4.78, 5) is 7.19. The molecule has 1 saturated heterocycles. The number of ether oxygens (including phenoxy) is 1. The lowest BCUT2D eigenvalue weighted by Gasteiger charge is -2.55. The number of fused-ring (bicyclic) bond motifs is 2. The first-order valence-corrected chi connectivity index (χ1v) is 15.2. The van der Waals surface area contributed by atoms with Crippen molar-refractivity contribution in [1.29, 1.82) is 0 Å². The van der Waals surface area contributed by atoms with E-state index in [1.807, 2.05) is 12.4 Å². The number of allylic oxidation sites excluding steroid dienone is 1. The zero-order chi connectivity index (χ0) is 25.3. The molecule has 0 unspecified atom stereocenters. The molecule has 2 aromatic rings. The fourth-order valence-electron chi connectivity index (χ4n) is 9.61. The smallest absolute Gasteiger partial charge is 0.0974 e. The molecule has 1 aromatic carbocycles. The zero-order valence-electron chi connectivity index (χ0n) is 23.1. The largest absolute Gasteiger partial charge is 0.359 e. The molecular formula is C34H44N2O. The van der Waals surface area contributed by atoms with Gasteiger partial charge in [0.15, 0.2) is 0 Å². The molecule has 0 amide bonds. The molecule has 0 N–H and O–H groups in total. The minimum absolute atomic E-state index is 0.00898. The van der Waals surface area contributed by atoms with Gasteiger partial charge in [0.1, 0.15) is 0 Å². The fraction of sp³-hybridized carbons (Fsp3) is 0.618. The molecule has 6 atom stereocenters. The van der Waals surface area contributed by atoms with Crippen LogP contribution in [0.4, 0.5) is 0 Å². The summed E-state index contributed by atoms with van der Waals surface area (Å²) in [5, 5.41) is 2.57. The van der Waals surface area contributed by atoms with Crippen molar-refractivity contribution in [3.8, 4) is 0 Å². The van der Waals surface area contributed by atoms with Crippen molar-refractivity contribution in [2.75, 3.05) is 13.1 Å². The first kappa shape index (κ1) is 24.1. The number of hydrogen-bond acceptors (Lipinski definition) is 3. The van der Waals surface area contributed by atoms with Crippen LogP contribution in [0, 0.1) is 11.3 Å². The minimum Gasteiger partial charge on any atom is -0.359 e. The third-order valence-electron chi connectivity index (χ3n) is 11.3. The van der Waals surface area contributed by atoms with E-state index in [1.54, 1.807) is 11.1 Å². The van der Waals surface area contributed by atoms with Gasteiger partial charge in [0, 0.05) is 23.8 Å². The third-order valence-corrected chi connectivity index (χ3v) is 11.3. The van der Waals surface area contributed by atoms with Crippen LogP contribution in [0.25, 0.3) is 10.8 Å².